The van der Waals surface area contributed by atoms with Crippen molar-refractivity contribution >= 4 is 24.2 Å². The van der Waals surface area contributed by atoms with E-state index in [0.29, 0.717) is 24.7 Å². The number of nitrogens with one attached hydrogen (secondary N) is 1. The molecule has 0 fully saturated rings. The first-order valence-electron chi connectivity index (χ1n) is 11.3. The van der Waals surface area contributed by atoms with Gasteiger partial charge >= 0.3 is 0 Å². The minimum Gasteiger partial charge on any atom is -0.466 e. The molecule has 0 saturated carbocycles. The maximum atomic E-state index is 12.3. The van der Waals surface area contributed by atoms with Crippen LogP contribution in [0.1, 0.15) is 24.8 Å². The van der Waals surface area contributed by atoms with E-state index in [-0.39, 0.29) is 12.5 Å². The fourth-order valence-corrected chi connectivity index (χ4v) is 3.54. The van der Waals surface area contributed by atoms with E-state index in [1.165, 1.54) is 5.56 Å². The Balaban J connectivity index is 1.55. The molecule has 1 amide bonds. The van der Waals surface area contributed by atoms with Gasteiger partial charge in [0.1, 0.15) is 5.69 Å². The Morgan fingerprint density at radius 3 is 2.42 bits per heavy atom. The van der Waals surface area contributed by atoms with E-state index in [9.17, 15) is 4.79 Å². The Bertz CT molecular complexity index is 986. The molecule has 1 heterocycles. The number of pyridine rings is 1. The first-order valence-corrected chi connectivity index (χ1v) is 11.9. The number of carbonyl (C=O) groups excluding carboxylic acids is 1. The summed E-state index contributed by atoms with van der Waals surface area (Å²) in [6, 6.07) is 24.0. The predicted molar refractivity (Wildman–Crippen MR) is 138 cm³/mol. The van der Waals surface area contributed by atoms with Crippen LogP contribution in [0.4, 0.5) is 5.69 Å². The van der Waals surface area contributed by atoms with Gasteiger partial charge in [-0.05, 0) is 49.1 Å². The smallest absolute Gasteiger partial charge is 0.258 e. The summed E-state index contributed by atoms with van der Waals surface area (Å²) in [4.78, 5) is 17.0. The number of aryl methyl sites for hydroxylation is 1. The van der Waals surface area contributed by atoms with Gasteiger partial charge in [0.25, 0.3) is 5.91 Å². The molecule has 0 radical (unpaired) electrons. The number of thiol groups is 1. The van der Waals surface area contributed by atoms with E-state index < -0.39 is 0 Å². The quantitative estimate of drug-likeness (QED) is 0.152. The van der Waals surface area contributed by atoms with Gasteiger partial charge in [0.05, 0.1) is 5.69 Å². The standard InChI is InChI=1S/C26H32N4O2S/c27-30(18-9-19-33)24-16-15-23(22-13-5-2-6-14-22)29-26(24)32-20-25(31)28-17-8-7-12-21-10-3-1-4-11-21/h1-6,10-11,13-16,33H,7-9,12,17-20,27H2,(H,28,31). The van der Waals surface area contributed by atoms with Crippen LogP contribution in [-0.2, 0) is 11.2 Å². The van der Waals surface area contributed by atoms with Gasteiger partial charge in [0.2, 0.25) is 5.88 Å². The first-order chi connectivity index (χ1) is 16.2. The zero-order chi connectivity index (χ0) is 23.3. The molecule has 1 aromatic heterocycles. The summed E-state index contributed by atoms with van der Waals surface area (Å²) in [5, 5.41) is 4.51. The average Bonchev–Trinajstić information content (AvgIpc) is 2.86. The topological polar surface area (TPSA) is 80.5 Å². The van der Waals surface area contributed by atoms with Gasteiger partial charge in [-0.15, -0.1) is 0 Å². The van der Waals surface area contributed by atoms with Gasteiger partial charge in [0, 0.05) is 18.7 Å². The number of nitrogens with two attached hydrogens (primary N) is 1. The van der Waals surface area contributed by atoms with Crippen LogP contribution in [0.15, 0.2) is 72.8 Å². The van der Waals surface area contributed by atoms with Crippen LogP contribution in [0, 0.1) is 0 Å². The van der Waals surface area contributed by atoms with Crippen molar-refractivity contribution in [3.8, 4) is 17.1 Å². The Labute approximate surface area is 201 Å². The molecular formula is C26H32N4O2S. The van der Waals surface area contributed by atoms with Crippen LogP contribution >= 0.6 is 12.6 Å². The number of aromatic nitrogens is 1. The number of hydrogen-bond acceptors (Lipinski definition) is 6. The SMILES string of the molecule is NN(CCCS)c1ccc(-c2ccccc2)nc1OCC(=O)NCCCCc1ccccc1. The second-order valence-corrected chi connectivity index (χ2v) is 8.19. The second kappa shape index (κ2) is 13.5. The molecule has 3 rings (SSSR count). The minimum absolute atomic E-state index is 0.114. The van der Waals surface area contributed by atoms with Crippen molar-refractivity contribution in [3.05, 3.63) is 78.4 Å². The summed E-state index contributed by atoms with van der Waals surface area (Å²) < 4.78 is 5.82. The highest BCUT2D eigenvalue weighted by atomic mass is 32.1. The number of ether oxygens (including phenoxy) is 1. The molecule has 33 heavy (non-hydrogen) atoms. The fourth-order valence-electron chi connectivity index (χ4n) is 3.40. The number of amides is 1. The summed E-state index contributed by atoms with van der Waals surface area (Å²) in [5.41, 5.74) is 3.69. The zero-order valence-corrected chi connectivity index (χ0v) is 19.7. The largest absolute Gasteiger partial charge is 0.466 e. The maximum absolute atomic E-state index is 12.3. The monoisotopic (exact) mass is 464 g/mol. The molecule has 0 aliphatic carbocycles. The van der Waals surface area contributed by atoms with Gasteiger partial charge in [-0.25, -0.2) is 10.8 Å². The Morgan fingerprint density at radius 2 is 1.70 bits per heavy atom. The predicted octanol–water partition coefficient (Wildman–Crippen LogP) is 4.27. The molecule has 0 spiro atoms. The highest BCUT2D eigenvalue weighted by Gasteiger charge is 2.14. The highest BCUT2D eigenvalue weighted by Crippen LogP contribution is 2.29. The number of hydrogen-bond donors (Lipinski definition) is 3. The number of carbonyl (C=O) groups is 1. The third-order valence-electron chi connectivity index (χ3n) is 5.17. The Kier molecular flexibility index (Phi) is 10.1. The van der Waals surface area contributed by atoms with E-state index in [1.54, 1.807) is 5.01 Å². The lowest BCUT2D eigenvalue weighted by molar-refractivity contribution is -0.123. The average molecular weight is 465 g/mol. The third kappa shape index (κ3) is 8.11. The molecule has 6 nitrogen and oxygen atoms in total. The number of unbranched alkanes of at least 4 members (excludes halogenated alkanes) is 1. The van der Waals surface area contributed by atoms with E-state index >= 15 is 0 Å². The normalized spacial score (nSPS) is 10.6. The summed E-state index contributed by atoms with van der Waals surface area (Å²) in [6.07, 6.45) is 3.76. The molecule has 0 unspecified atom stereocenters. The van der Waals surface area contributed by atoms with Gasteiger partial charge in [-0.3, -0.25) is 4.79 Å². The number of benzene rings is 2. The molecule has 7 heteroatoms. The lowest BCUT2D eigenvalue weighted by Crippen LogP contribution is -2.34. The van der Waals surface area contributed by atoms with Crippen molar-refractivity contribution < 1.29 is 9.53 Å². The van der Waals surface area contributed by atoms with Crippen LogP contribution in [0.3, 0.4) is 0 Å². The number of nitrogens with zero attached hydrogens (tertiary/aromatic N) is 2. The van der Waals surface area contributed by atoms with E-state index in [2.05, 4.69) is 35.1 Å². The number of rotatable bonds is 13. The number of anilines is 1. The van der Waals surface area contributed by atoms with Crippen LogP contribution in [-0.4, -0.2) is 36.3 Å². The van der Waals surface area contributed by atoms with Crippen LogP contribution in [0.25, 0.3) is 11.3 Å². The second-order valence-electron chi connectivity index (χ2n) is 7.74. The third-order valence-corrected chi connectivity index (χ3v) is 5.49. The Morgan fingerprint density at radius 1 is 0.970 bits per heavy atom. The first kappa shape index (κ1) is 24.6. The molecule has 174 valence electrons. The van der Waals surface area contributed by atoms with Crippen molar-refractivity contribution in [2.75, 3.05) is 30.5 Å². The van der Waals surface area contributed by atoms with Crippen molar-refractivity contribution in [2.24, 2.45) is 5.84 Å². The van der Waals surface area contributed by atoms with Crippen molar-refractivity contribution in [3.63, 3.8) is 0 Å². The highest BCUT2D eigenvalue weighted by molar-refractivity contribution is 7.80. The molecule has 0 atom stereocenters. The van der Waals surface area contributed by atoms with Crippen LogP contribution in [0.2, 0.25) is 0 Å². The lowest BCUT2D eigenvalue weighted by atomic mass is 10.1. The molecule has 2 aromatic carbocycles. The van der Waals surface area contributed by atoms with Crippen molar-refractivity contribution in [2.45, 2.75) is 25.7 Å². The number of hydrazine groups is 1. The van der Waals surface area contributed by atoms with Crippen LogP contribution < -0.4 is 20.9 Å². The summed E-state index contributed by atoms with van der Waals surface area (Å²) in [6.45, 7) is 1.11. The molecular weight excluding hydrogens is 432 g/mol. The van der Waals surface area contributed by atoms with Crippen molar-refractivity contribution in [1.82, 2.24) is 10.3 Å². The molecule has 3 aromatic rings. The fraction of sp³-hybridized carbons (Fsp3) is 0.308. The molecule has 0 aliphatic rings. The van der Waals surface area contributed by atoms with Gasteiger partial charge in [-0.1, -0.05) is 60.7 Å². The van der Waals surface area contributed by atoms with Gasteiger partial charge < -0.3 is 15.1 Å². The molecule has 0 bridgehead atoms. The van der Waals surface area contributed by atoms with E-state index in [1.807, 2.05) is 60.7 Å². The molecule has 0 aliphatic heterocycles. The van der Waals surface area contributed by atoms with Crippen LogP contribution in [0.5, 0.6) is 5.88 Å². The van der Waals surface area contributed by atoms with Gasteiger partial charge in [-0.2, -0.15) is 12.6 Å². The Hall–Kier alpha value is -3.03. The molecule has 3 N–H and O–H groups in total. The summed E-state index contributed by atoms with van der Waals surface area (Å²) >= 11 is 4.25. The van der Waals surface area contributed by atoms with E-state index in [0.717, 1.165) is 42.7 Å². The molecule has 0 saturated heterocycles. The maximum Gasteiger partial charge on any atom is 0.258 e. The summed E-state index contributed by atoms with van der Waals surface area (Å²) in [7, 11) is 0. The summed E-state index contributed by atoms with van der Waals surface area (Å²) in [5.74, 6) is 7.12. The minimum atomic E-state index is -0.175. The van der Waals surface area contributed by atoms with E-state index in [4.69, 9.17) is 10.6 Å². The van der Waals surface area contributed by atoms with Crippen molar-refractivity contribution in [1.29, 1.82) is 0 Å². The van der Waals surface area contributed by atoms with Gasteiger partial charge in [0.15, 0.2) is 6.61 Å². The zero-order valence-electron chi connectivity index (χ0n) is 18.8. The lowest BCUT2D eigenvalue weighted by Gasteiger charge is -2.21.